The summed E-state index contributed by atoms with van der Waals surface area (Å²) in [5.41, 5.74) is 3.87. The molecule has 0 spiro atoms. The van der Waals surface area contributed by atoms with Crippen LogP contribution in [0.25, 0.3) is 0 Å². The Kier molecular flexibility index (Phi) is 14.0. The molecule has 0 aliphatic heterocycles. The van der Waals surface area contributed by atoms with E-state index in [1.165, 1.54) is 57.8 Å². The Labute approximate surface area is 132 Å². The smallest absolute Gasteiger partial charge is 0.364 e. The molecular weight excluding hydrogens is 262 g/mol. The molecule has 0 amide bonds. The molecule has 3 nitrogen and oxygen atoms in total. The predicted octanol–water partition coefficient (Wildman–Crippen LogP) is 4.11. The van der Waals surface area contributed by atoms with Gasteiger partial charge in [-0.1, -0.05) is 78.6 Å². The zero-order valence-electron chi connectivity index (χ0n) is 14.7. The van der Waals surface area contributed by atoms with E-state index in [0.717, 1.165) is 12.8 Å². The van der Waals surface area contributed by atoms with Crippen molar-refractivity contribution in [2.45, 2.75) is 97.4 Å². The number of rotatable bonds is 14. The molecule has 0 heterocycles. The Balaban J connectivity index is 3.26. The maximum atomic E-state index is 11.7. The lowest BCUT2D eigenvalue weighted by molar-refractivity contribution is -0.411. The monoisotopic (exact) mass is 300 g/mol. The fraction of sp³-hybridized carbons (Fsp3) is 0.944. The summed E-state index contributed by atoms with van der Waals surface area (Å²) in [6, 6.07) is -0.201. The minimum atomic E-state index is -0.201. The van der Waals surface area contributed by atoms with Crippen LogP contribution in [-0.2, 0) is 9.53 Å². The molecular formula is C18H38NO2+. The van der Waals surface area contributed by atoms with Gasteiger partial charge in [0.1, 0.15) is 0 Å². The van der Waals surface area contributed by atoms with Crippen molar-refractivity contribution in [2.75, 3.05) is 6.61 Å². The van der Waals surface area contributed by atoms with Gasteiger partial charge in [-0.3, -0.25) is 0 Å². The topological polar surface area (TPSA) is 53.9 Å². The molecule has 0 bridgehead atoms. The molecule has 0 fully saturated rings. The number of esters is 1. The number of quaternary nitrogens is 1. The van der Waals surface area contributed by atoms with Gasteiger partial charge in [-0.15, -0.1) is 0 Å². The lowest BCUT2D eigenvalue weighted by Gasteiger charge is -2.10. The van der Waals surface area contributed by atoms with E-state index in [2.05, 4.69) is 26.5 Å². The lowest BCUT2D eigenvalue weighted by atomic mass is 10.0. The van der Waals surface area contributed by atoms with E-state index in [4.69, 9.17) is 4.74 Å². The Morgan fingerprint density at radius 3 is 1.86 bits per heavy atom. The van der Waals surface area contributed by atoms with E-state index in [1.807, 2.05) is 0 Å². The quantitative estimate of drug-likeness (QED) is 0.388. The van der Waals surface area contributed by atoms with E-state index in [1.54, 1.807) is 0 Å². The third kappa shape index (κ3) is 14.1. The van der Waals surface area contributed by atoms with Crippen LogP contribution in [0.2, 0.25) is 0 Å². The van der Waals surface area contributed by atoms with E-state index in [0.29, 0.717) is 12.5 Å². The van der Waals surface area contributed by atoms with Crippen molar-refractivity contribution in [1.82, 2.24) is 0 Å². The second-order valence-corrected chi connectivity index (χ2v) is 6.68. The highest BCUT2D eigenvalue weighted by Crippen LogP contribution is 2.10. The largest absolute Gasteiger partial charge is 0.461 e. The van der Waals surface area contributed by atoms with Crippen molar-refractivity contribution < 1.29 is 15.3 Å². The third-order valence-corrected chi connectivity index (χ3v) is 3.83. The van der Waals surface area contributed by atoms with Crippen LogP contribution in [0.4, 0.5) is 0 Å². The Morgan fingerprint density at radius 1 is 0.905 bits per heavy atom. The van der Waals surface area contributed by atoms with Gasteiger partial charge in [0.05, 0.1) is 6.61 Å². The number of carbonyl (C=O) groups excluding carboxylic acids is 1. The normalized spacial score (nSPS) is 12.6. The SMILES string of the molecule is CCCCCCCCCCCCOC(=O)C([NH3+])CC(C)C. The number of hydrogen-bond acceptors (Lipinski definition) is 2. The summed E-state index contributed by atoms with van der Waals surface area (Å²) in [5.74, 6) is 0.372. The minimum absolute atomic E-state index is 0.125. The van der Waals surface area contributed by atoms with Gasteiger partial charge in [0.25, 0.3) is 0 Å². The second kappa shape index (κ2) is 14.4. The Bertz CT molecular complexity index is 241. The van der Waals surface area contributed by atoms with Crippen LogP contribution in [-0.4, -0.2) is 18.6 Å². The van der Waals surface area contributed by atoms with Gasteiger partial charge in [-0.2, -0.15) is 0 Å². The Hall–Kier alpha value is -0.570. The molecule has 21 heavy (non-hydrogen) atoms. The number of carbonyl (C=O) groups is 1. The molecule has 3 heteroatoms. The van der Waals surface area contributed by atoms with Gasteiger partial charge >= 0.3 is 5.97 Å². The van der Waals surface area contributed by atoms with Crippen LogP contribution < -0.4 is 5.73 Å². The molecule has 3 N–H and O–H groups in total. The van der Waals surface area contributed by atoms with E-state index >= 15 is 0 Å². The molecule has 126 valence electrons. The molecule has 0 aliphatic rings. The van der Waals surface area contributed by atoms with Gasteiger partial charge < -0.3 is 10.5 Å². The molecule has 0 aromatic rings. The van der Waals surface area contributed by atoms with Crippen molar-refractivity contribution >= 4 is 5.97 Å². The first-order valence-electron chi connectivity index (χ1n) is 9.07. The van der Waals surface area contributed by atoms with Gasteiger partial charge in [0, 0.05) is 6.42 Å². The summed E-state index contributed by atoms with van der Waals surface area (Å²) in [6.45, 7) is 7.04. The molecule has 0 aliphatic carbocycles. The van der Waals surface area contributed by atoms with Crippen LogP contribution in [0.1, 0.15) is 91.4 Å². The van der Waals surface area contributed by atoms with Crippen LogP contribution in [0, 0.1) is 5.92 Å². The number of unbranched alkanes of at least 4 members (excludes halogenated alkanes) is 9. The molecule has 0 aromatic carbocycles. The molecule has 0 rings (SSSR count). The summed E-state index contributed by atoms with van der Waals surface area (Å²) in [5, 5.41) is 0. The van der Waals surface area contributed by atoms with Crippen LogP contribution in [0.3, 0.4) is 0 Å². The van der Waals surface area contributed by atoms with E-state index in [9.17, 15) is 4.79 Å². The molecule has 1 atom stereocenters. The summed E-state index contributed by atoms with van der Waals surface area (Å²) in [6.07, 6.45) is 13.8. The molecule has 0 saturated carbocycles. The highest BCUT2D eigenvalue weighted by molar-refractivity contribution is 5.73. The van der Waals surface area contributed by atoms with Gasteiger partial charge in [-0.05, 0) is 12.3 Å². The Morgan fingerprint density at radius 2 is 1.38 bits per heavy atom. The predicted molar refractivity (Wildman–Crippen MR) is 88.9 cm³/mol. The van der Waals surface area contributed by atoms with Crippen molar-refractivity contribution in [3.05, 3.63) is 0 Å². The van der Waals surface area contributed by atoms with Crippen LogP contribution in [0.15, 0.2) is 0 Å². The molecule has 0 aromatic heterocycles. The summed E-state index contributed by atoms with van der Waals surface area (Å²) in [7, 11) is 0. The summed E-state index contributed by atoms with van der Waals surface area (Å²) >= 11 is 0. The van der Waals surface area contributed by atoms with Gasteiger partial charge in [-0.25, -0.2) is 4.79 Å². The maximum Gasteiger partial charge on any atom is 0.364 e. The molecule has 0 radical (unpaired) electrons. The number of hydrogen-bond donors (Lipinski definition) is 1. The van der Waals surface area contributed by atoms with Crippen molar-refractivity contribution in [3.63, 3.8) is 0 Å². The van der Waals surface area contributed by atoms with Crippen molar-refractivity contribution in [2.24, 2.45) is 5.92 Å². The average Bonchev–Trinajstić information content (AvgIpc) is 2.43. The van der Waals surface area contributed by atoms with E-state index < -0.39 is 0 Å². The highest BCUT2D eigenvalue weighted by Gasteiger charge is 2.19. The lowest BCUT2D eigenvalue weighted by Crippen LogP contribution is -2.65. The average molecular weight is 301 g/mol. The standard InChI is InChI=1S/C18H37NO2/c1-4-5-6-7-8-9-10-11-12-13-14-21-18(20)17(19)15-16(2)3/h16-17H,4-15,19H2,1-3H3/p+1. The van der Waals surface area contributed by atoms with Crippen molar-refractivity contribution in [3.8, 4) is 0 Å². The van der Waals surface area contributed by atoms with E-state index in [-0.39, 0.29) is 12.0 Å². The fourth-order valence-electron chi connectivity index (χ4n) is 2.55. The first-order valence-corrected chi connectivity index (χ1v) is 9.07. The van der Waals surface area contributed by atoms with Crippen molar-refractivity contribution in [1.29, 1.82) is 0 Å². The first-order chi connectivity index (χ1) is 10.1. The highest BCUT2D eigenvalue weighted by atomic mass is 16.5. The zero-order valence-corrected chi connectivity index (χ0v) is 14.7. The zero-order chi connectivity index (χ0) is 15.9. The number of ether oxygens (including phenoxy) is 1. The molecule has 0 saturated heterocycles. The third-order valence-electron chi connectivity index (χ3n) is 3.83. The second-order valence-electron chi connectivity index (χ2n) is 6.68. The summed E-state index contributed by atoms with van der Waals surface area (Å²) < 4.78 is 5.28. The summed E-state index contributed by atoms with van der Waals surface area (Å²) in [4.78, 5) is 11.7. The first kappa shape index (κ1) is 20.4. The minimum Gasteiger partial charge on any atom is -0.461 e. The van der Waals surface area contributed by atoms with Crippen LogP contribution in [0.5, 0.6) is 0 Å². The fourth-order valence-corrected chi connectivity index (χ4v) is 2.55. The van der Waals surface area contributed by atoms with Crippen LogP contribution >= 0.6 is 0 Å². The van der Waals surface area contributed by atoms with Gasteiger partial charge in [0.15, 0.2) is 6.04 Å². The molecule has 1 unspecified atom stereocenters. The van der Waals surface area contributed by atoms with Gasteiger partial charge in [0.2, 0.25) is 0 Å². The maximum absolute atomic E-state index is 11.7.